The van der Waals surface area contributed by atoms with Gasteiger partial charge in [0.1, 0.15) is 0 Å². The smallest absolute Gasteiger partial charge is 0.259 e. The summed E-state index contributed by atoms with van der Waals surface area (Å²) in [4.78, 5) is 15.0. The van der Waals surface area contributed by atoms with E-state index in [0.717, 1.165) is 19.3 Å². The molecule has 1 saturated heterocycles. The van der Waals surface area contributed by atoms with Gasteiger partial charge < -0.3 is 15.7 Å². The van der Waals surface area contributed by atoms with Crippen LogP contribution in [0.3, 0.4) is 0 Å². The standard InChI is InChI=1S/C21H30F2N2O2/c1-15(24)13-16-8-11-25(12-9-16)19(26)21(27,17-5-3-2-4-6-17)18-7-10-20(22,23)14-18/h2-6,15-16,18,27H,7-14,24H2,1H3. The first kappa shape index (κ1) is 20.2. The second kappa shape index (κ2) is 7.84. The van der Waals surface area contributed by atoms with E-state index in [1.807, 2.05) is 6.92 Å². The van der Waals surface area contributed by atoms with Crippen LogP contribution in [0.25, 0.3) is 0 Å². The molecule has 6 heteroatoms. The molecule has 150 valence electrons. The minimum Gasteiger partial charge on any atom is -0.375 e. The summed E-state index contributed by atoms with van der Waals surface area (Å²) in [6, 6.07) is 8.70. The van der Waals surface area contributed by atoms with Crippen LogP contribution in [0.2, 0.25) is 0 Å². The Hall–Kier alpha value is -1.53. The SMILES string of the molecule is CC(N)CC1CCN(C(=O)C(O)(c2ccccc2)C2CCC(F)(F)C2)CC1. The molecular weight excluding hydrogens is 350 g/mol. The van der Waals surface area contributed by atoms with Gasteiger partial charge >= 0.3 is 0 Å². The van der Waals surface area contributed by atoms with E-state index in [2.05, 4.69) is 0 Å². The van der Waals surface area contributed by atoms with Gasteiger partial charge in [-0.15, -0.1) is 0 Å². The van der Waals surface area contributed by atoms with Gasteiger partial charge in [-0.05, 0) is 44.1 Å². The van der Waals surface area contributed by atoms with Gasteiger partial charge in [-0.2, -0.15) is 0 Å². The zero-order valence-electron chi connectivity index (χ0n) is 15.9. The molecule has 0 spiro atoms. The number of likely N-dealkylation sites (tertiary alicyclic amines) is 1. The Morgan fingerprint density at radius 2 is 1.93 bits per heavy atom. The number of hydrogen-bond donors (Lipinski definition) is 2. The summed E-state index contributed by atoms with van der Waals surface area (Å²) >= 11 is 0. The Kier molecular flexibility index (Phi) is 5.87. The van der Waals surface area contributed by atoms with E-state index in [-0.39, 0.29) is 18.9 Å². The molecule has 3 rings (SSSR count). The zero-order chi connectivity index (χ0) is 19.7. The Balaban J connectivity index is 1.81. The first-order valence-electron chi connectivity index (χ1n) is 9.93. The number of piperidine rings is 1. The summed E-state index contributed by atoms with van der Waals surface area (Å²) in [5.41, 5.74) is 4.40. The van der Waals surface area contributed by atoms with Gasteiger partial charge in [0.05, 0.1) is 0 Å². The van der Waals surface area contributed by atoms with Crippen LogP contribution >= 0.6 is 0 Å². The highest BCUT2D eigenvalue weighted by Crippen LogP contribution is 2.48. The molecule has 2 fully saturated rings. The highest BCUT2D eigenvalue weighted by Gasteiger charge is 2.54. The number of nitrogens with zero attached hydrogens (tertiary/aromatic N) is 1. The summed E-state index contributed by atoms with van der Waals surface area (Å²) in [5, 5.41) is 11.5. The summed E-state index contributed by atoms with van der Waals surface area (Å²) in [6.45, 7) is 3.05. The highest BCUT2D eigenvalue weighted by molar-refractivity contribution is 5.87. The van der Waals surface area contributed by atoms with Gasteiger partial charge in [0.25, 0.3) is 5.91 Å². The summed E-state index contributed by atoms with van der Waals surface area (Å²) in [7, 11) is 0. The van der Waals surface area contributed by atoms with Gasteiger partial charge in [-0.1, -0.05) is 30.3 Å². The number of halogens is 2. The van der Waals surface area contributed by atoms with Crippen molar-refractivity contribution in [2.75, 3.05) is 13.1 Å². The fourth-order valence-corrected chi connectivity index (χ4v) is 4.67. The van der Waals surface area contributed by atoms with Crippen molar-refractivity contribution in [1.82, 2.24) is 4.90 Å². The molecule has 1 aliphatic heterocycles. The van der Waals surface area contributed by atoms with Crippen LogP contribution in [-0.2, 0) is 10.4 Å². The maximum atomic E-state index is 13.9. The number of carbonyl (C=O) groups is 1. The van der Waals surface area contributed by atoms with E-state index in [1.54, 1.807) is 35.2 Å². The van der Waals surface area contributed by atoms with E-state index in [0.29, 0.717) is 24.6 Å². The second-order valence-corrected chi connectivity index (χ2v) is 8.38. The molecule has 0 aromatic heterocycles. The lowest BCUT2D eigenvalue weighted by atomic mass is 9.78. The van der Waals surface area contributed by atoms with E-state index in [4.69, 9.17) is 5.73 Å². The van der Waals surface area contributed by atoms with Crippen LogP contribution in [0.1, 0.15) is 51.0 Å². The molecule has 27 heavy (non-hydrogen) atoms. The van der Waals surface area contributed by atoms with Crippen molar-refractivity contribution >= 4 is 5.91 Å². The molecule has 1 heterocycles. The van der Waals surface area contributed by atoms with Crippen molar-refractivity contribution < 1.29 is 18.7 Å². The normalized spacial score (nSPS) is 26.6. The number of hydrogen-bond acceptors (Lipinski definition) is 3. The third kappa shape index (κ3) is 4.32. The van der Waals surface area contributed by atoms with Crippen LogP contribution in [0.15, 0.2) is 30.3 Å². The van der Waals surface area contributed by atoms with E-state index < -0.39 is 29.8 Å². The molecule has 1 aliphatic carbocycles. The number of rotatable bonds is 5. The lowest BCUT2D eigenvalue weighted by Gasteiger charge is -2.40. The van der Waals surface area contributed by atoms with Crippen molar-refractivity contribution in [3.05, 3.63) is 35.9 Å². The van der Waals surface area contributed by atoms with Crippen molar-refractivity contribution in [3.8, 4) is 0 Å². The Bertz CT molecular complexity index is 645. The molecule has 1 aromatic rings. The summed E-state index contributed by atoms with van der Waals surface area (Å²) in [5.74, 6) is -3.56. The maximum absolute atomic E-state index is 13.9. The van der Waals surface area contributed by atoms with Gasteiger partial charge in [0.2, 0.25) is 5.92 Å². The van der Waals surface area contributed by atoms with Crippen LogP contribution in [0.5, 0.6) is 0 Å². The van der Waals surface area contributed by atoms with Crippen molar-refractivity contribution in [3.63, 3.8) is 0 Å². The number of aliphatic hydroxyl groups is 1. The number of benzene rings is 1. The first-order chi connectivity index (χ1) is 12.7. The number of nitrogens with two attached hydrogens (primary N) is 1. The number of carbonyl (C=O) groups excluding carboxylic acids is 1. The molecular formula is C21H30F2N2O2. The molecule has 0 bridgehead atoms. The lowest BCUT2D eigenvalue weighted by Crippen LogP contribution is -2.53. The molecule has 4 nitrogen and oxygen atoms in total. The molecule has 1 amide bonds. The van der Waals surface area contributed by atoms with E-state index in [1.165, 1.54) is 0 Å². The minimum absolute atomic E-state index is 0.124. The Morgan fingerprint density at radius 1 is 1.30 bits per heavy atom. The molecule has 1 aromatic carbocycles. The van der Waals surface area contributed by atoms with Crippen LogP contribution in [-0.4, -0.2) is 41.0 Å². The molecule has 1 saturated carbocycles. The van der Waals surface area contributed by atoms with Crippen molar-refractivity contribution in [1.29, 1.82) is 0 Å². The maximum Gasteiger partial charge on any atom is 0.259 e. The summed E-state index contributed by atoms with van der Waals surface area (Å²) < 4.78 is 27.7. The third-order valence-electron chi connectivity index (χ3n) is 6.14. The monoisotopic (exact) mass is 380 g/mol. The van der Waals surface area contributed by atoms with Crippen LogP contribution in [0.4, 0.5) is 8.78 Å². The fraction of sp³-hybridized carbons (Fsp3) is 0.667. The van der Waals surface area contributed by atoms with Gasteiger partial charge in [-0.3, -0.25) is 4.79 Å². The minimum atomic E-state index is -2.82. The second-order valence-electron chi connectivity index (χ2n) is 8.38. The molecule has 3 atom stereocenters. The summed E-state index contributed by atoms with van der Waals surface area (Å²) in [6.07, 6.45) is 1.99. The van der Waals surface area contributed by atoms with E-state index >= 15 is 0 Å². The molecule has 3 N–H and O–H groups in total. The van der Waals surface area contributed by atoms with Crippen molar-refractivity contribution in [2.24, 2.45) is 17.6 Å². The fourth-order valence-electron chi connectivity index (χ4n) is 4.67. The Morgan fingerprint density at radius 3 is 2.44 bits per heavy atom. The average Bonchev–Trinajstić information content (AvgIpc) is 3.01. The largest absolute Gasteiger partial charge is 0.375 e. The van der Waals surface area contributed by atoms with Crippen LogP contribution < -0.4 is 5.73 Å². The highest BCUT2D eigenvalue weighted by atomic mass is 19.3. The molecule has 3 unspecified atom stereocenters. The third-order valence-corrected chi connectivity index (χ3v) is 6.14. The van der Waals surface area contributed by atoms with Crippen LogP contribution in [0, 0.1) is 11.8 Å². The number of amides is 1. The predicted molar refractivity (Wildman–Crippen MR) is 100 cm³/mol. The van der Waals surface area contributed by atoms with Gasteiger partial charge in [-0.25, -0.2) is 8.78 Å². The Labute approximate surface area is 159 Å². The quantitative estimate of drug-likeness (QED) is 0.824. The predicted octanol–water partition coefficient (Wildman–Crippen LogP) is 3.29. The lowest BCUT2D eigenvalue weighted by molar-refractivity contribution is -0.162. The average molecular weight is 380 g/mol. The molecule has 0 radical (unpaired) electrons. The molecule has 2 aliphatic rings. The van der Waals surface area contributed by atoms with Gasteiger partial charge in [0, 0.05) is 37.9 Å². The van der Waals surface area contributed by atoms with E-state index in [9.17, 15) is 18.7 Å². The number of alkyl halides is 2. The first-order valence-corrected chi connectivity index (χ1v) is 9.93. The zero-order valence-corrected chi connectivity index (χ0v) is 15.9. The topological polar surface area (TPSA) is 66.6 Å². The van der Waals surface area contributed by atoms with Crippen molar-refractivity contribution in [2.45, 2.75) is 63.0 Å². The van der Waals surface area contributed by atoms with Gasteiger partial charge in [0.15, 0.2) is 5.60 Å².